The Kier molecular flexibility index (Phi) is 2.27. The number of nitrogens with zero attached hydrogens (tertiary/aromatic N) is 1. The molecule has 0 saturated carbocycles. The van der Waals surface area contributed by atoms with Gasteiger partial charge in [-0.2, -0.15) is 0 Å². The number of nitrogens with two attached hydrogens (primary N) is 1. The lowest BCUT2D eigenvalue weighted by atomic mass is 10.1. The minimum absolute atomic E-state index is 0.160. The van der Waals surface area contributed by atoms with Gasteiger partial charge in [-0.15, -0.1) is 0 Å². The monoisotopic (exact) mass is 180 g/mol. The molecular weight excluding hydrogens is 172 g/mol. The first kappa shape index (κ1) is 9.18. The van der Waals surface area contributed by atoms with E-state index >= 15 is 0 Å². The summed E-state index contributed by atoms with van der Waals surface area (Å²) in [7, 11) is 0. The van der Waals surface area contributed by atoms with E-state index in [1.807, 2.05) is 0 Å². The fourth-order valence-electron chi connectivity index (χ4n) is 0.929. The third-order valence-corrected chi connectivity index (χ3v) is 1.49. The van der Waals surface area contributed by atoms with Crippen LogP contribution >= 0.6 is 0 Å². The molecule has 5 heteroatoms. The first-order valence-corrected chi connectivity index (χ1v) is 3.52. The van der Waals surface area contributed by atoms with Crippen molar-refractivity contribution in [2.24, 2.45) is 5.73 Å². The van der Waals surface area contributed by atoms with Crippen LogP contribution in [0.2, 0.25) is 0 Å². The second kappa shape index (κ2) is 3.22. The number of aryl methyl sites for hydroxylation is 1. The Labute approximate surface area is 74.2 Å². The van der Waals surface area contributed by atoms with Crippen molar-refractivity contribution in [1.82, 2.24) is 4.98 Å². The number of carbonyl (C=O) groups is 2. The Morgan fingerprint density at radius 3 is 2.62 bits per heavy atom. The average molecular weight is 180 g/mol. The van der Waals surface area contributed by atoms with Gasteiger partial charge in [0.1, 0.15) is 5.69 Å². The number of hydrogen-bond acceptors (Lipinski definition) is 3. The molecule has 0 radical (unpaired) electrons. The summed E-state index contributed by atoms with van der Waals surface area (Å²) >= 11 is 0. The smallest absolute Gasteiger partial charge is 0.338 e. The lowest BCUT2D eigenvalue weighted by Gasteiger charge is -2.01. The molecule has 1 rings (SSSR count). The molecule has 1 amide bonds. The molecule has 0 saturated heterocycles. The highest BCUT2D eigenvalue weighted by Gasteiger charge is 2.15. The van der Waals surface area contributed by atoms with E-state index in [-0.39, 0.29) is 11.3 Å². The van der Waals surface area contributed by atoms with Crippen molar-refractivity contribution in [3.05, 3.63) is 29.1 Å². The Bertz CT molecular complexity index is 374. The van der Waals surface area contributed by atoms with E-state index in [1.54, 1.807) is 6.92 Å². The van der Waals surface area contributed by atoms with Gasteiger partial charge < -0.3 is 10.8 Å². The molecule has 0 aliphatic rings. The van der Waals surface area contributed by atoms with Gasteiger partial charge in [0.25, 0.3) is 5.91 Å². The van der Waals surface area contributed by atoms with Gasteiger partial charge >= 0.3 is 5.97 Å². The van der Waals surface area contributed by atoms with Gasteiger partial charge in [0.2, 0.25) is 0 Å². The molecule has 13 heavy (non-hydrogen) atoms. The van der Waals surface area contributed by atoms with E-state index in [1.165, 1.54) is 12.3 Å². The van der Waals surface area contributed by atoms with E-state index in [0.29, 0.717) is 5.56 Å². The predicted octanol–water partition coefficient (Wildman–Crippen LogP) is 0.187. The number of carboxylic acid groups (broad SMARTS) is 1. The fraction of sp³-hybridized carbons (Fsp3) is 0.125. The molecule has 0 aliphatic carbocycles. The van der Waals surface area contributed by atoms with E-state index in [4.69, 9.17) is 10.8 Å². The van der Waals surface area contributed by atoms with Crippen LogP contribution in [0.5, 0.6) is 0 Å². The quantitative estimate of drug-likeness (QED) is 0.679. The first-order chi connectivity index (χ1) is 6.02. The van der Waals surface area contributed by atoms with Crippen LogP contribution in [-0.4, -0.2) is 22.0 Å². The second-order valence-electron chi connectivity index (χ2n) is 2.58. The molecule has 1 aromatic rings. The van der Waals surface area contributed by atoms with Gasteiger partial charge in [0, 0.05) is 6.20 Å². The summed E-state index contributed by atoms with van der Waals surface area (Å²) in [6.45, 7) is 1.68. The van der Waals surface area contributed by atoms with Crippen molar-refractivity contribution in [2.45, 2.75) is 6.92 Å². The van der Waals surface area contributed by atoms with Crippen LogP contribution in [0.15, 0.2) is 12.3 Å². The number of aromatic nitrogens is 1. The topological polar surface area (TPSA) is 93.3 Å². The summed E-state index contributed by atoms with van der Waals surface area (Å²) in [6.07, 6.45) is 1.40. The zero-order valence-electron chi connectivity index (χ0n) is 6.94. The maximum atomic E-state index is 10.7. The lowest BCUT2D eigenvalue weighted by molar-refractivity contribution is 0.0691. The molecule has 1 aromatic heterocycles. The van der Waals surface area contributed by atoms with Crippen molar-refractivity contribution in [3.8, 4) is 0 Å². The Morgan fingerprint density at radius 1 is 1.54 bits per heavy atom. The minimum atomic E-state index is -1.20. The van der Waals surface area contributed by atoms with Crippen molar-refractivity contribution in [2.75, 3.05) is 0 Å². The number of pyridine rings is 1. The number of hydrogen-bond donors (Lipinski definition) is 2. The molecule has 3 N–H and O–H groups in total. The molecule has 0 bridgehead atoms. The molecule has 68 valence electrons. The Balaban J connectivity index is 3.35. The maximum Gasteiger partial charge on any atom is 0.338 e. The van der Waals surface area contributed by atoms with Crippen molar-refractivity contribution >= 4 is 11.9 Å². The van der Waals surface area contributed by atoms with E-state index in [2.05, 4.69) is 4.98 Å². The summed E-state index contributed by atoms with van der Waals surface area (Å²) in [6, 6.07) is 1.36. The minimum Gasteiger partial charge on any atom is -0.478 e. The molecule has 1 heterocycles. The summed E-state index contributed by atoms with van der Waals surface area (Å²) in [5.74, 6) is -2.04. The van der Waals surface area contributed by atoms with E-state index in [0.717, 1.165) is 0 Å². The average Bonchev–Trinajstić information content (AvgIpc) is 2.03. The van der Waals surface area contributed by atoms with Crippen molar-refractivity contribution in [1.29, 1.82) is 0 Å². The van der Waals surface area contributed by atoms with Crippen LogP contribution in [0.1, 0.15) is 26.4 Å². The van der Waals surface area contributed by atoms with E-state index in [9.17, 15) is 9.59 Å². The first-order valence-electron chi connectivity index (χ1n) is 3.52. The molecule has 0 fully saturated rings. The van der Waals surface area contributed by atoms with Crippen LogP contribution in [0, 0.1) is 6.92 Å². The van der Waals surface area contributed by atoms with Gasteiger partial charge in [-0.25, -0.2) is 9.78 Å². The van der Waals surface area contributed by atoms with Gasteiger partial charge in [-0.05, 0) is 18.6 Å². The highest BCUT2D eigenvalue weighted by Crippen LogP contribution is 2.07. The summed E-state index contributed by atoms with van der Waals surface area (Å²) in [5, 5.41) is 8.69. The standard InChI is InChI=1S/C8H8N2O3/c1-4-2-5(8(12)13)6(7(9)11)10-3-4/h2-3H,1H3,(H2,9,11)(H,12,13). The van der Waals surface area contributed by atoms with Crippen molar-refractivity contribution in [3.63, 3.8) is 0 Å². The third kappa shape index (κ3) is 1.81. The molecule has 0 aliphatic heterocycles. The number of primary amides is 1. The van der Waals surface area contributed by atoms with Crippen LogP contribution in [0.3, 0.4) is 0 Å². The number of carbonyl (C=O) groups excluding carboxylic acids is 1. The molecular formula is C8H8N2O3. The zero-order valence-corrected chi connectivity index (χ0v) is 6.94. The predicted molar refractivity (Wildman–Crippen MR) is 44.5 cm³/mol. The largest absolute Gasteiger partial charge is 0.478 e. The van der Waals surface area contributed by atoms with Gasteiger partial charge in [-0.3, -0.25) is 4.79 Å². The Morgan fingerprint density at radius 2 is 2.15 bits per heavy atom. The third-order valence-electron chi connectivity index (χ3n) is 1.49. The summed E-state index contributed by atoms with van der Waals surface area (Å²) in [4.78, 5) is 25.0. The molecule has 0 spiro atoms. The van der Waals surface area contributed by atoms with Crippen LogP contribution in [0.25, 0.3) is 0 Å². The van der Waals surface area contributed by atoms with Gasteiger partial charge in [0.05, 0.1) is 5.56 Å². The number of amides is 1. The number of rotatable bonds is 2. The Hall–Kier alpha value is -1.91. The lowest BCUT2D eigenvalue weighted by Crippen LogP contribution is -2.18. The van der Waals surface area contributed by atoms with Crippen LogP contribution in [-0.2, 0) is 0 Å². The highest BCUT2D eigenvalue weighted by molar-refractivity contribution is 6.02. The van der Waals surface area contributed by atoms with Crippen LogP contribution < -0.4 is 5.73 Å². The normalized spacial score (nSPS) is 9.62. The summed E-state index contributed by atoms with van der Waals surface area (Å²) < 4.78 is 0. The van der Waals surface area contributed by atoms with Crippen LogP contribution in [0.4, 0.5) is 0 Å². The number of carboxylic acids is 1. The molecule has 0 unspecified atom stereocenters. The number of aromatic carboxylic acids is 1. The van der Waals surface area contributed by atoms with Crippen molar-refractivity contribution < 1.29 is 14.7 Å². The highest BCUT2D eigenvalue weighted by atomic mass is 16.4. The van der Waals surface area contributed by atoms with Gasteiger partial charge in [0.15, 0.2) is 0 Å². The SMILES string of the molecule is Cc1cnc(C(N)=O)c(C(=O)O)c1. The molecule has 0 atom stereocenters. The van der Waals surface area contributed by atoms with Gasteiger partial charge in [-0.1, -0.05) is 0 Å². The fourth-order valence-corrected chi connectivity index (χ4v) is 0.929. The summed E-state index contributed by atoms with van der Waals surface area (Å²) in [5.41, 5.74) is 5.24. The second-order valence-corrected chi connectivity index (χ2v) is 2.58. The molecule has 0 aromatic carbocycles. The maximum absolute atomic E-state index is 10.7. The molecule has 5 nitrogen and oxygen atoms in total. The zero-order chi connectivity index (χ0) is 10.0. The van der Waals surface area contributed by atoms with E-state index < -0.39 is 11.9 Å².